The van der Waals surface area contributed by atoms with Gasteiger partial charge in [0.05, 0.1) is 6.21 Å². The van der Waals surface area contributed by atoms with Crippen LogP contribution in [0.5, 0.6) is 0 Å². The van der Waals surface area contributed by atoms with Crippen molar-refractivity contribution < 1.29 is 9.63 Å². The average Bonchev–Trinajstić information content (AvgIpc) is 2.29. The monoisotopic (exact) mass is 346 g/mol. The largest absolute Gasteiger partial charge is 0.341 e. The van der Waals surface area contributed by atoms with Crippen LogP contribution in [0, 0.1) is 8.98 Å². The van der Waals surface area contributed by atoms with Crippen molar-refractivity contribution in [2.24, 2.45) is 5.10 Å². The van der Waals surface area contributed by atoms with Crippen LogP contribution in [0.1, 0.15) is 12.5 Å². The molecule has 0 heterocycles. The van der Waals surface area contributed by atoms with E-state index in [0.29, 0.717) is 0 Å². The summed E-state index contributed by atoms with van der Waals surface area (Å²) in [5, 5.41) is 11.1. The average molecular weight is 346 g/mol. The minimum Gasteiger partial charge on any atom is -0.341 e. The number of carbonyl (C=O) groups is 1. The number of nitrogens with one attached hydrogen (secondary N) is 3. The van der Waals surface area contributed by atoms with Gasteiger partial charge < -0.3 is 4.84 Å². The first-order valence-electron chi connectivity index (χ1n) is 4.65. The predicted octanol–water partition coefficient (Wildman–Crippen LogP) is 1.22. The maximum Gasteiger partial charge on any atom is 0.329 e. The highest BCUT2D eigenvalue weighted by molar-refractivity contribution is 14.1. The summed E-state index contributed by atoms with van der Waals surface area (Å²) >= 11 is 2.19. The number of hydrogen-bond acceptors (Lipinski definition) is 4. The van der Waals surface area contributed by atoms with Gasteiger partial charge in [0, 0.05) is 16.1 Å². The molecule has 0 aliphatic heterocycles. The van der Waals surface area contributed by atoms with Gasteiger partial charge in [0.1, 0.15) is 0 Å². The fourth-order valence-electron chi connectivity index (χ4n) is 0.892. The van der Waals surface area contributed by atoms with Gasteiger partial charge in [-0.2, -0.15) is 10.6 Å². The minimum absolute atomic E-state index is 0.220. The summed E-state index contributed by atoms with van der Waals surface area (Å²) in [5.74, 6) is -0.750. The fraction of sp³-hybridized carbons (Fsp3) is 0.100. The molecule has 0 radical (unpaired) electrons. The van der Waals surface area contributed by atoms with Crippen LogP contribution in [-0.2, 0) is 9.63 Å². The van der Waals surface area contributed by atoms with Gasteiger partial charge in [0.15, 0.2) is 0 Å². The Bertz CT molecular complexity index is 448. The lowest BCUT2D eigenvalue weighted by atomic mass is 10.2. The third-order valence-corrected chi connectivity index (χ3v) is 2.56. The number of guanidine groups is 1. The van der Waals surface area contributed by atoms with Crippen LogP contribution >= 0.6 is 22.6 Å². The van der Waals surface area contributed by atoms with E-state index in [9.17, 15) is 4.79 Å². The van der Waals surface area contributed by atoms with Crippen LogP contribution in [-0.4, -0.2) is 18.1 Å². The van der Waals surface area contributed by atoms with E-state index in [-0.39, 0.29) is 5.96 Å². The van der Waals surface area contributed by atoms with Crippen molar-refractivity contribution in [1.29, 1.82) is 5.41 Å². The molecule has 0 aromatic heterocycles. The summed E-state index contributed by atoms with van der Waals surface area (Å²) in [7, 11) is 0. The number of rotatable bonds is 2. The molecule has 0 unspecified atom stereocenters. The standard InChI is InChI=1S/C10H11IN4O2/c1-7(16)17-15-10(12)14-13-6-8-4-2-3-5-9(8)11/h2-6H,1H3,(H3,12,14,15). The number of hydroxylamine groups is 1. The van der Waals surface area contributed by atoms with Crippen molar-refractivity contribution in [2.75, 3.05) is 0 Å². The van der Waals surface area contributed by atoms with Crippen LogP contribution in [0.3, 0.4) is 0 Å². The normalized spacial score (nSPS) is 10.0. The summed E-state index contributed by atoms with van der Waals surface area (Å²) in [6, 6.07) is 7.67. The van der Waals surface area contributed by atoms with E-state index < -0.39 is 5.97 Å². The van der Waals surface area contributed by atoms with Gasteiger partial charge in [-0.15, -0.1) is 0 Å². The Morgan fingerprint density at radius 2 is 2.24 bits per heavy atom. The second-order valence-corrected chi connectivity index (χ2v) is 4.12. The van der Waals surface area contributed by atoms with Crippen LogP contribution in [0.15, 0.2) is 29.4 Å². The van der Waals surface area contributed by atoms with Gasteiger partial charge in [-0.1, -0.05) is 18.2 Å². The summed E-state index contributed by atoms with van der Waals surface area (Å²) in [6.07, 6.45) is 1.58. The summed E-state index contributed by atoms with van der Waals surface area (Å²) < 4.78 is 1.05. The highest BCUT2D eigenvalue weighted by atomic mass is 127. The molecule has 0 amide bonds. The number of hydrogen-bond donors (Lipinski definition) is 3. The zero-order chi connectivity index (χ0) is 12.7. The van der Waals surface area contributed by atoms with Crippen molar-refractivity contribution in [3.63, 3.8) is 0 Å². The molecule has 6 nitrogen and oxygen atoms in total. The van der Waals surface area contributed by atoms with E-state index in [1.807, 2.05) is 24.3 Å². The molecule has 0 aliphatic rings. The molecule has 3 N–H and O–H groups in total. The highest BCUT2D eigenvalue weighted by Gasteiger charge is 1.96. The Morgan fingerprint density at radius 1 is 1.53 bits per heavy atom. The number of hydrazone groups is 1. The predicted molar refractivity (Wildman–Crippen MR) is 72.5 cm³/mol. The first-order valence-corrected chi connectivity index (χ1v) is 5.73. The molecule has 0 bridgehead atoms. The quantitative estimate of drug-likeness (QED) is 0.325. The van der Waals surface area contributed by atoms with Crippen LogP contribution in [0.4, 0.5) is 0 Å². The van der Waals surface area contributed by atoms with E-state index in [2.05, 4.69) is 43.4 Å². The number of carbonyl (C=O) groups excluding carboxylic acids is 1. The third-order valence-electron chi connectivity index (χ3n) is 1.58. The van der Waals surface area contributed by atoms with Crippen molar-refractivity contribution in [3.05, 3.63) is 33.4 Å². The molecule has 0 saturated heterocycles. The van der Waals surface area contributed by atoms with Crippen LogP contribution < -0.4 is 10.9 Å². The lowest BCUT2D eigenvalue weighted by Crippen LogP contribution is -2.34. The topological polar surface area (TPSA) is 86.6 Å². The van der Waals surface area contributed by atoms with E-state index >= 15 is 0 Å². The number of nitrogens with zero attached hydrogens (tertiary/aromatic N) is 1. The van der Waals surface area contributed by atoms with Gasteiger partial charge in [0.2, 0.25) is 5.96 Å². The molecule has 0 fully saturated rings. The zero-order valence-electron chi connectivity index (χ0n) is 9.03. The molecular formula is C10H11IN4O2. The number of halogens is 1. The van der Waals surface area contributed by atoms with Crippen molar-refractivity contribution in [3.8, 4) is 0 Å². The smallest absolute Gasteiger partial charge is 0.329 e. The first kappa shape index (κ1) is 13.4. The van der Waals surface area contributed by atoms with Crippen molar-refractivity contribution in [1.82, 2.24) is 10.9 Å². The molecule has 1 aromatic rings. The fourth-order valence-corrected chi connectivity index (χ4v) is 1.42. The maximum atomic E-state index is 10.4. The van der Waals surface area contributed by atoms with Crippen LogP contribution in [0.25, 0.3) is 0 Å². The summed E-state index contributed by atoms with van der Waals surface area (Å²) in [4.78, 5) is 14.8. The minimum atomic E-state index is -0.530. The Morgan fingerprint density at radius 3 is 2.88 bits per heavy atom. The first-order chi connectivity index (χ1) is 8.09. The molecule has 0 spiro atoms. The SMILES string of the molecule is CC(=O)ONC(=N)NN=Cc1ccccc1I. The Balaban J connectivity index is 2.43. The molecule has 1 rings (SSSR count). The van der Waals surface area contributed by atoms with Gasteiger partial charge in [-0.3, -0.25) is 10.2 Å². The van der Waals surface area contributed by atoms with Gasteiger partial charge in [0.25, 0.3) is 0 Å². The second kappa shape index (κ2) is 6.84. The van der Waals surface area contributed by atoms with E-state index in [0.717, 1.165) is 9.13 Å². The highest BCUT2D eigenvalue weighted by Crippen LogP contribution is 2.08. The van der Waals surface area contributed by atoms with E-state index in [1.165, 1.54) is 6.92 Å². The summed E-state index contributed by atoms with van der Waals surface area (Å²) in [6.45, 7) is 1.23. The van der Waals surface area contributed by atoms with Crippen molar-refractivity contribution >= 4 is 40.7 Å². The molecule has 17 heavy (non-hydrogen) atoms. The van der Waals surface area contributed by atoms with E-state index in [1.54, 1.807) is 6.21 Å². The molecule has 0 atom stereocenters. The lowest BCUT2D eigenvalue weighted by Gasteiger charge is -2.04. The molecule has 0 aliphatic carbocycles. The van der Waals surface area contributed by atoms with Gasteiger partial charge >= 0.3 is 5.97 Å². The van der Waals surface area contributed by atoms with Gasteiger partial charge in [-0.25, -0.2) is 5.43 Å². The number of benzene rings is 1. The Labute approximate surface area is 112 Å². The molecule has 7 heteroatoms. The summed E-state index contributed by atoms with van der Waals surface area (Å²) in [5.41, 5.74) is 5.40. The lowest BCUT2D eigenvalue weighted by molar-refractivity contribution is -0.145. The van der Waals surface area contributed by atoms with E-state index in [4.69, 9.17) is 5.41 Å². The molecule has 0 saturated carbocycles. The van der Waals surface area contributed by atoms with Crippen LogP contribution in [0.2, 0.25) is 0 Å². The second-order valence-electron chi connectivity index (χ2n) is 2.96. The van der Waals surface area contributed by atoms with Crippen molar-refractivity contribution in [2.45, 2.75) is 6.92 Å². The molecule has 90 valence electrons. The maximum absolute atomic E-state index is 10.4. The molecule has 1 aromatic carbocycles. The Kier molecular flexibility index (Phi) is 5.40. The Hall–Kier alpha value is -1.64. The zero-order valence-corrected chi connectivity index (χ0v) is 11.2. The van der Waals surface area contributed by atoms with Gasteiger partial charge in [-0.05, 0) is 28.7 Å². The molecular weight excluding hydrogens is 335 g/mol. The third kappa shape index (κ3) is 5.29.